The molecule has 2 aromatic heterocycles. The Hall–Kier alpha value is -1.86. The Morgan fingerprint density at radius 2 is 2.23 bits per heavy atom. The molecule has 0 saturated heterocycles. The molecule has 114 valence electrons. The van der Waals surface area contributed by atoms with Crippen molar-refractivity contribution in [2.45, 2.75) is 4.90 Å². The fourth-order valence-corrected chi connectivity index (χ4v) is 2.70. The van der Waals surface area contributed by atoms with Gasteiger partial charge < -0.3 is 4.74 Å². The maximum absolute atomic E-state index is 11.2. The van der Waals surface area contributed by atoms with Crippen LogP contribution in [0.25, 0.3) is 16.9 Å². The number of ether oxygens (including phenoxy) is 1. The quantitative estimate of drug-likeness (QED) is 0.729. The summed E-state index contributed by atoms with van der Waals surface area (Å²) in [6.07, 6.45) is 6.97. The van der Waals surface area contributed by atoms with E-state index in [2.05, 4.69) is 22.6 Å². The van der Waals surface area contributed by atoms with Gasteiger partial charge in [0.2, 0.25) is 0 Å². The van der Waals surface area contributed by atoms with Crippen molar-refractivity contribution < 1.29 is 8.95 Å². The largest absolute Gasteiger partial charge is 0.491 e. The topological polar surface area (TPSA) is 56.5 Å². The third-order valence-electron chi connectivity index (χ3n) is 3.15. The summed E-state index contributed by atoms with van der Waals surface area (Å²) in [5.74, 6) is 1.14. The number of thiol groups is 1. The van der Waals surface area contributed by atoms with Crippen LogP contribution in [0.5, 0.6) is 5.75 Å². The van der Waals surface area contributed by atoms with Crippen molar-refractivity contribution >= 4 is 29.1 Å². The minimum absolute atomic E-state index is 0.378. The molecule has 0 N–H and O–H groups in total. The lowest BCUT2D eigenvalue weighted by molar-refractivity contribution is 0.336. The lowest BCUT2D eigenvalue weighted by Crippen LogP contribution is -2.08. The third kappa shape index (κ3) is 3.15. The maximum atomic E-state index is 11.2. The van der Waals surface area contributed by atoms with Crippen molar-refractivity contribution in [3.05, 3.63) is 43.0 Å². The highest BCUT2D eigenvalue weighted by molar-refractivity contribution is 7.84. The Balaban J connectivity index is 1.98. The molecule has 22 heavy (non-hydrogen) atoms. The Kier molecular flexibility index (Phi) is 4.44. The number of hydrogen-bond donors (Lipinski definition) is 1. The molecule has 2 heterocycles. The van der Waals surface area contributed by atoms with Crippen molar-refractivity contribution in [3.8, 4) is 17.0 Å². The highest BCUT2D eigenvalue weighted by Gasteiger charge is 2.13. The van der Waals surface area contributed by atoms with Gasteiger partial charge >= 0.3 is 0 Å². The number of para-hydroxylation sites is 1. The number of fused-ring (bicyclic) bond motifs is 1. The van der Waals surface area contributed by atoms with Crippen LogP contribution >= 0.6 is 12.6 Å². The Labute approximate surface area is 136 Å². The zero-order chi connectivity index (χ0) is 15.5. The normalized spacial score (nSPS) is 12.5. The van der Waals surface area contributed by atoms with Crippen LogP contribution in [0.1, 0.15) is 0 Å². The molecule has 0 fully saturated rings. The number of aromatic nitrogens is 3. The molecule has 0 aliphatic heterocycles. The Morgan fingerprint density at radius 3 is 3.00 bits per heavy atom. The summed E-state index contributed by atoms with van der Waals surface area (Å²) >= 11 is 4.46. The first kappa shape index (κ1) is 15.1. The highest BCUT2D eigenvalue weighted by Crippen LogP contribution is 2.34. The summed E-state index contributed by atoms with van der Waals surface area (Å²) in [6.45, 7) is 0.378. The molecule has 0 aliphatic rings. The summed E-state index contributed by atoms with van der Waals surface area (Å²) in [5.41, 5.74) is 2.46. The first-order chi connectivity index (χ1) is 10.6. The lowest BCUT2D eigenvalue weighted by Gasteiger charge is -2.11. The number of imidazole rings is 1. The van der Waals surface area contributed by atoms with E-state index < -0.39 is 10.8 Å². The first-order valence-electron chi connectivity index (χ1n) is 6.69. The zero-order valence-corrected chi connectivity index (χ0v) is 13.7. The van der Waals surface area contributed by atoms with Gasteiger partial charge in [0.1, 0.15) is 17.7 Å². The summed E-state index contributed by atoms with van der Waals surface area (Å²) in [7, 11) is -0.887. The summed E-state index contributed by atoms with van der Waals surface area (Å²) in [6, 6.07) is 7.55. The molecular formula is C15H15N3O2S2. The van der Waals surface area contributed by atoms with E-state index in [0.717, 1.165) is 21.8 Å². The molecular weight excluding hydrogens is 318 g/mol. The van der Waals surface area contributed by atoms with Crippen LogP contribution < -0.4 is 4.74 Å². The van der Waals surface area contributed by atoms with E-state index in [1.165, 1.54) is 0 Å². The summed E-state index contributed by atoms with van der Waals surface area (Å²) in [5, 5.41) is 0. The second-order valence-electron chi connectivity index (χ2n) is 4.75. The number of benzene rings is 1. The molecule has 0 radical (unpaired) electrons. The van der Waals surface area contributed by atoms with Gasteiger partial charge in [-0.1, -0.05) is 6.07 Å². The smallest absolute Gasteiger partial charge is 0.142 e. The number of nitrogens with zero attached hydrogens (tertiary/aromatic N) is 3. The molecule has 0 aliphatic carbocycles. The van der Waals surface area contributed by atoms with E-state index in [1.807, 2.05) is 34.9 Å². The number of rotatable bonds is 5. The monoisotopic (exact) mass is 333 g/mol. The highest BCUT2D eigenvalue weighted by atomic mass is 32.2. The second-order valence-corrected chi connectivity index (χ2v) is 6.79. The molecule has 1 aromatic carbocycles. The van der Waals surface area contributed by atoms with Gasteiger partial charge in [-0.05, 0) is 18.2 Å². The van der Waals surface area contributed by atoms with Crippen LogP contribution in [-0.2, 0) is 10.8 Å². The van der Waals surface area contributed by atoms with Crippen molar-refractivity contribution in [3.63, 3.8) is 0 Å². The van der Waals surface area contributed by atoms with Gasteiger partial charge in [0.25, 0.3) is 0 Å². The van der Waals surface area contributed by atoms with Crippen molar-refractivity contribution in [2.75, 3.05) is 18.6 Å². The molecule has 1 atom stereocenters. The Bertz CT molecular complexity index is 800. The average Bonchev–Trinajstić information content (AvgIpc) is 2.92. The van der Waals surface area contributed by atoms with Gasteiger partial charge in [0, 0.05) is 39.9 Å². The molecule has 5 nitrogen and oxygen atoms in total. The van der Waals surface area contributed by atoms with Gasteiger partial charge in [-0.3, -0.25) is 8.61 Å². The molecule has 7 heteroatoms. The number of hydrogen-bond acceptors (Lipinski definition) is 5. The fraction of sp³-hybridized carbons (Fsp3) is 0.200. The maximum Gasteiger partial charge on any atom is 0.142 e. The molecule has 0 spiro atoms. The van der Waals surface area contributed by atoms with E-state index in [9.17, 15) is 4.21 Å². The average molecular weight is 333 g/mol. The molecule has 3 rings (SSSR count). The fourth-order valence-electron chi connectivity index (χ4n) is 2.11. The summed E-state index contributed by atoms with van der Waals surface area (Å²) < 4.78 is 18.8. The van der Waals surface area contributed by atoms with Gasteiger partial charge in [-0.2, -0.15) is 0 Å². The van der Waals surface area contributed by atoms with E-state index in [0.29, 0.717) is 18.1 Å². The van der Waals surface area contributed by atoms with Crippen LogP contribution in [0.2, 0.25) is 0 Å². The van der Waals surface area contributed by atoms with Crippen LogP contribution in [0.3, 0.4) is 0 Å². The SMILES string of the molecule is CS(=O)CCOc1c(S)cccc1-c1cn2cnccc2n1. The molecule has 0 amide bonds. The van der Waals surface area contributed by atoms with Gasteiger partial charge in [0.15, 0.2) is 0 Å². The van der Waals surface area contributed by atoms with Crippen molar-refractivity contribution in [2.24, 2.45) is 0 Å². The van der Waals surface area contributed by atoms with E-state index >= 15 is 0 Å². The van der Waals surface area contributed by atoms with Gasteiger partial charge in [0.05, 0.1) is 18.1 Å². The minimum Gasteiger partial charge on any atom is -0.491 e. The van der Waals surface area contributed by atoms with Crippen LogP contribution in [0, 0.1) is 0 Å². The van der Waals surface area contributed by atoms with Crippen molar-refractivity contribution in [1.29, 1.82) is 0 Å². The predicted molar refractivity (Wildman–Crippen MR) is 90.1 cm³/mol. The summed E-state index contributed by atoms with van der Waals surface area (Å²) in [4.78, 5) is 9.38. The van der Waals surface area contributed by atoms with Crippen LogP contribution in [-0.4, -0.2) is 37.2 Å². The minimum atomic E-state index is -0.887. The van der Waals surface area contributed by atoms with E-state index in [1.54, 1.807) is 18.8 Å². The Morgan fingerprint density at radius 1 is 1.36 bits per heavy atom. The van der Waals surface area contributed by atoms with Gasteiger partial charge in [-0.25, -0.2) is 9.97 Å². The van der Waals surface area contributed by atoms with Gasteiger partial charge in [-0.15, -0.1) is 12.6 Å². The second kappa shape index (κ2) is 6.50. The van der Waals surface area contributed by atoms with Crippen LogP contribution in [0.4, 0.5) is 0 Å². The van der Waals surface area contributed by atoms with Crippen LogP contribution in [0.15, 0.2) is 47.9 Å². The lowest BCUT2D eigenvalue weighted by atomic mass is 10.1. The van der Waals surface area contributed by atoms with E-state index in [4.69, 9.17) is 4.74 Å². The molecule has 3 aromatic rings. The van der Waals surface area contributed by atoms with Crippen molar-refractivity contribution in [1.82, 2.24) is 14.4 Å². The predicted octanol–water partition coefficient (Wildman–Crippen LogP) is 2.44. The van der Waals surface area contributed by atoms with E-state index in [-0.39, 0.29) is 0 Å². The standard InChI is InChI=1S/C15H15N3O2S2/c1-22(19)8-7-20-15-11(3-2-4-13(15)21)12-9-18-10-16-6-5-14(18)17-12/h2-6,9-10,21H,7-8H2,1H3. The molecule has 1 unspecified atom stereocenters. The molecule has 0 bridgehead atoms. The molecule has 0 saturated carbocycles. The third-order valence-corrected chi connectivity index (χ3v) is 4.24. The first-order valence-corrected chi connectivity index (χ1v) is 8.86. The zero-order valence-electron chi connectivity index (χ0n) is 12.0.